The Labute approximate surface area is 75.0 Å². The third kappa shape index (κ3) is 3.37. The van der Waals surface area contributed by atoms with E-state index in [1.165, 1.54) is 6.21 Å². The smallest absolute Gasteiger partial charge is 0.427 e. The van der Waals surface area contributed by atoms with Gasteiger partial charge in [-0.25, -0.2) is 10.2 Å². The van der Waals surface area contributed by atoms with Crippen LogP contribution in [-0.2, 0) is 4.74 Å². The zero-order valence-electron chi connectivity index (χ0n) is 7.15. The lowest BCUT2D eigenvalue weighted by Gasteiger charge is -1.97. The lowest BCUT2D eigenvalue weighted by atomic mass is 10.5. The molecule has 1 amide bonds. The molecule has 1 heterocycles. The predicted octanol–water partition coefficient (Wildman–Crippen LogP) is 0.490. The number of aromatic nitrogens is 2. The number of ether oxygens (including phenoxy) is 1. The maximum absolute atomic E-state index is 10.7. The molecule has 13 heavy (non-hydrogen) atoms. The average molecular weight is 182 g/mol. The van der Waals surface area contributed by atoms with Crippen molar-refractivity contribution >= 4 is 12.3 Å². The first-order valence-corrected chi connectivity index (χ1v) is 3.78. The number of hydrogen-bond donors (Lipinski definition) is 2. The Bertz CT molecular complexity index is 281. The highest BCUT2D eigenvalue weighted by molar-refractivity contribution is 5.78. The summed E-state index contributed by atoms with van der Waals surface area (Å²) in [6.45, 7) is 2.05. The molecule has 1 rings (SSSR count). The van der Waals surface area contributed by atoms with E-state index in [1.807, 2.05) is 0 Å². The van der Waals surface area contributed by atoms with Crippen molar-refractivity contribution in [3.63, 3.8) is 0 Å². The third-order valence-electron chi connectivity index (χ3n) is 1.16. The zero-order chi connectivity index (χ0) is 9.52. The largest absolute Gasteiger partial charge is 0.449 e. The van der Waals surface area contributed by atoms with E-state index in [0.29, 0.717) is 12.3 Å². The van der Waals surface area contributed by atoms with Gasteiger partial charge in [0.15, 0.2) is 0 Å². The Hall–Kier alpha value is -1.85. The highest BCUT2D eigenvalue weighted by Gasteiger charge is 1.94. The van der Waals surface area contributed by atoms with Gasteiger partial charge in [-0.15, -0.1) is 0 Å². The molecule has 0 fully saturated rings. The maximum atomic E-state index is 10.7. The van der Waals surface area contributed by atoms with Crippen LogP contribution in [0.1, 0.15) is 12.6 Å². The van der Waals surface area contributed by atoms with E-state index in [0.717, 1.165) is 0 Å². The van der Waals surface area contributed by atoms with E-state index in [1.54, 1.807) is 19.2 Å². The van der Waals surface area contributed by atoms with Crippen molar-refractivity contribution in [3.05, 3.63) is 18.0 Å². The maximum Gasteiger partial charge on any atom is 0.427 e. The van der Waals surface area contributed by atoms with Crippen LogP contribution >= 0.6 is 0 Å². The Morgan fingerprint density at radius 2 is 2.77 bits per heavy atom. The molecule has 0 spiro atoms. The molecule has 2 N–H and O–H groups in total. The van der Waals surface area contributed by atoms with Crippen molar-refractivity contribution in [1.29, 1.82) is 0 Å². The lowest BCUT2D eigenvalue weighted by molar-refractivity contribution is 0.152. The van der Waals surface area contributed by atoms with Crippen molar-refractivity contribution in [2.24, 2.45) is 5.10 Å². The molecule has 0 atom stereocenters. The van der Waals surface area contributed by atoms with Gasteiger partial charge in [-0.1, -0.05) is 0 Å². The molecule has 0 saturated heterocycles. The molecule has 6 heteroatoms. The molecule has 1 aromatic heterocycles. The third-order valence-corrected chi connectivity index (χ3v) is 1.16. The molecular weight excluding hydrogens is 172 g/mol. The Kier molecular flexibility index (Phi) is 3.49. The number of hydrazone groups is 1. The Morgan fingerprint density at radius 3 is 3.38 bits per heavy atom. The normalized spacial score (nSPS) is 10.2. The van der Waals surface area contributed by atoms with E-state index in [-0.39, 0.29) is 0 Å². The number of rotatable bonds is 3. The molecular formula is C7H10N4O2. The number of nitrogens with zero attached hydrogens (tertiary/aromatic N) is 2. The molecule has 6 nitrogen and oxygen atoms in total. The minimum Gasteiger partial charge on any atom is -0.449 e. The van der Waals surface area contributed by atoms with Crippen LogP contribution in [0.25, 0.3) is 0 Å². The number of carbonyl (C=O) groups is 1. The topological polar surface area (TPSA) is 79.4 Å². The van der Waals surface area contributed by atoms with Gasteiger partial charge in [-0.3, -0.25) is 5.10 Å². The monoisotopic (exact) mass is 182 g/mol. The highest BCUT2D eigenvalue weighted by atomic mass is 16.5. The second-order valence-electron chi connectivity index (χ2n) is 2.10. The minimum absolute atomic E-state index is 0.325. The van der Waals surface area contributed by atoms with Crippen molar-refractivity contribution < 1.29 is 9.53 Å². The van der Waals surface area contributed by atoms with E-state index in [2.05, 4.69) is 25.5 Å². The van der Waals surface area contributed by atoms with Crippen LogP contribution in [0.4, 0.5) is 4.79 Å². The second-order valence-corrected chi connectivity index (χ2v) is 2.10. The molecule has 0 aliphatic rings. The Balaban J connectivity index is 2.30. The van der Waals surface area contributed by atoms with E-state index in [4.69, 9.17) is 0 Å². The number of hydrogen-bond acceptors (Lipinski definition) is 4. The average Bonchev–Trinajstić information content (AvgIpc) is 2.57. The molecule has 0 saturated carbocycles. The van der Waals surface area contributed by atoms with Crippen LogP contribution < -0.4 is 5.43 Å². The van der Waals surface area contributed by atoms with Gasteiger partial charge in [0.05, 0.1) is 18.5 Å². The highest BCUT2D eigenvalue weighted by Crippen LogP contribution is 1.84. The fourth-order valence-electron chi connectivity index (χ4n) is 0.656. The fraction of sp³-hybridized carbons (Fsp3) is 0.286. The summed E-state index contributed by atoms with van der Waals surface area (Å²) in [5.41, 5.74) is 2.89. The summed E-state index contributed by atoms with van der Waals surface area (Å²) in [7, 11) is 0. The summed E-state index contributed by atoms with van der Waals surface area (Å²) in [4.78, 5) is 10.7. The van der Waals surface area contributed by atoms with Crippen molar-refractivity contribution in [2.75, 3.05) is 6.61 Å². The van der Waals surface area contributed by atoms with Gasteiger partial charge in [-0.05, 0) is 13.0 Å². The van der Waals surface area contributed by atoms with Gasteiger partial charge in [0.2, 0.25) is 0 Å². The summed E-state index contributed by atoms with van der Waals surface area (Å²) >= 11 is 0. The van der Waals surface area contributed by atoms with Crippen LogP contribution in [0.3, 0.4) is 0 Å². The van der Waals surface area contributed by atoms with Crippen LogP contribution in [0.2, 0.25) is 0 Å². The predicted molar refractivity (Wildman–Crippen MR) is 46.3 cm³/mol. The van der Waals surface area contributed by atoms with Crippen molar-refractivity contribution in [1.82, 2.24) is 15.6 Å². The summed E-state index contributed by atoms with van der Waals surface area (Å²) in [5, 5.41) is 9.96. The van der Waals surface area contributed by atoms with Crippen molar-refractivity contribution in [2.45, 2.75) is 6.92 Å². The summed E-state index contributed by atoms with van der Waals surface area (Å²) in [6, 6.07) is 1.72. The van der Waals surface area contributed by atoms with Gasteiger partial charge < -0.3 is 4.74 Å². The first-order valence-electron chi connectivity index (χ1n) is 3.78. The quantitative estimate of drug-likeness (QED) is 0.527. The van der Waals surface area contributed by atoms with Gasteiger partial charge in [-0.2, -0.15) is 10.2 Å². The first-order chi connectivity index (χ1) is 6.33. The number of H-pyrrole nitrogens is 1. The van der Waals surface area contributed by atoms with Gasteiger partial charge in [0.1, 0.15) is 0 Å². The van der Waals surface area contributed by atoms with Crippen molar-refractivity contribution in [3.8, 4) is 0 Å². The van der Waals surface area contributed by atoms with Crippen LogP contribution in [-0.4, -0.2) is 29.1 Å². The first kappa shape index (κ1) is 9.24. The standard InChI is InChI=1S/C7H10N4O2/c1-2-13-7(12)11-9-5-6-3-4-8-10-6/h3-5H,2H2,1H3,(H,8,10)(H,11,12)/b9-5+. The molecule has 0 bridgehead atoms. The van der Waals surface area contributed by atoms with Gasteiger partial charge in [0, 0.05) is 6.20 Å². The van der Waals surface area contributed by atoms with Gasteiger partial charge >= 0.3 is 6.09 Å². The molecule has 0 aromatic carbocycles. The number of amides is 1. The Morgan fingerprint density at radius 1 is 1.92 bits per heavy atom. The summed E-state index contributed by atoms with van der Waals surface area (Å²) in [5.74, 6) is 0. The summed E-state index contributed by atoms with van der Waals surface area (Å²) < 4.78 is 4.57. The minimum atomic E-state index is -0.571. The SMILES string of the molecule is CCOC(=O)N/N=C/c1ccn[nH]1. The zero-order valence-corrected chi connectivity index (χ0v) is 7.15. The molecule has 0 aliphatic carbocycles. The molecule has 70 valence electrons. The van der Waals surface area contributed by atoms with Crippen LogP contribution in [0.5, 0.6) is 0 Å². The fourth-order valence-corrected chi connectivity index (χ4v) is 0.656. The van der Waals surface area contributed by atoms with E-state index < -0.39 is 6.09 Å². The summed E-state index contributed by atoms with van der Waals surface area (Å²) in [6.07, 6.45) is 2.45. The van der Waals surface area contributed by atoms with Crippen LogP contribution in [0, 0.1) is 0 Å². The number of aromatic amines is 1. The lowest BCUT2D eigenvalue weighted by Crippen LogP contribution is -2.18. The molecule has 0 radical (unpaired) electrons. The molecule has 0 unspecified atom stereocenters. The number of nitrogens with one attached hydrogen (secondary N) is 2. The van der Waals surface area contributed by atoms with E-state index in [9.17, 15) is 4.79 Å². The molecule has 1 aromatic rings. The van der Waals surface area contributed by atoms with Crippen LogP contribution in [0.15, 0.2) is 17.4 Å². The number of carbonyl (C=O) groups excluding carboxylic acids is 1. The second kappa shape index (κ2) is 4.91. The van der Waals surface area contributed by atoms with E-state index >= 15 is 0 Å². The van der Waals surface area contributed by atoms with Gasteiger partial charge in [0.25, 0.3) is 0 Å². The molecule has 0 aliphatic heterocycles.